The largest absolute Gasteiger partial charge is 0.465 e. The van der Waals surface area contributed by atoms with E-state index in [0.29, 0.717) is 12.0 Å². The number of nitrogens with zero attached hydrogens (tertiary/aromatic N) is 1. The third-order valence-corrected chi connectivity index (χ3v) is 3.73. The van der Waals surface area contributed by atoms with Gasteiger partial charge in [0, 0.05) is 19.0 Å². The molecule has 2 unspecified atom stereocenters. The van der Waals surface area contributed by atoms with Crippen molar-refractivity contribution in [1.82, 2.24) is 4.90 Å². The maximum Gasteiger partial charge on any atom is 0.118 e. The normalized spacial score (nSPS) is 23.8. The van der Waals surface area contributed by atoms with Crippen LogP contribution in [0.25, 0.3) is 0 Å². The molecule has 0 radical (unpaired) electrons. The SMILES string of the molecule is CCc1ccc(CN2CCCC(C(C)N)C2)o1. The van der Waals surface area contributed by atoms with Crippen molar-refractivity contribution in [2.45, 2.75) is 45.7 Å². The Morgan fingerprint density at radius 2 is 2.24 bits per heavy atom. The summed E-state index contributed by atoms with van der Waals surface area (Å²) in [5.74, 6) is 2.82. The van der Waals surface area contributed by atoms with Gasteiger partial charge in [-0.1, -0.05) is 6.92 Å². The van der Waals surface area contributed by atoms with Crippen LogP contribution in [0, 0.1) is 5.92 Å². The summed E-state index contributed by atoms with van der Waals surface area (Å²) in [6.45, 7) is 7.46. The summed E-state index contributed by atoms with van der Waals surface area (Å²) >= 11 is 0. The Balaban J connectivity index is 1.90. The monoisotopic (exact) mass is 236 g/mol. The number of aryl methyl sites for hydroxylation is 1. The molecule has 2 heterocycles. The van der Waals surface area contributed by atoms with Crippen LogP contribution in [0.15, 0.2) is 16.5 Å². The van der Waals surface area contributed by atoms with E-state index in [1.54, 1.807) is 0 Å². The second-order valence-electron chi connectivity index (χ2n) is 5.22. The molecule has 3 nitrogen and oxygen atoms in total. The van der Waals surface area contributed by atoms with E-state index in [1.165, 1.54) is 19.4 Å². The molecule has 0 spiro atoms. The van der Waals surface area contributed by atoms with Gasteiger partial charge in [-0.2, -0.15) is 0 Å². The van der Waals surface area contributed by atoms with Crippen LogP contribution in [-0.4, -0.2) is 24.0 Å². The molecule has 0 bridgehead atoms. The fourth-order valence-corrected chi connectivity index (χ4v) is 2.58. The van der Waals surface area contributed by atoms with E-state index in [-0.39, 0.29) is 0 Å². The van der Waals surface area contributed by atoms with Crippen LogP contribution in [0.4, 0.5) is 0 Å². The van der Waals surface area contributed by atoms with Crippen molar-refractivity contribution in [1.29, 1.82) is 0 Å². The van der Waals surface area contributed by atoms with Crippen molar-refractivity contribution in [3.05, 3.63) is 23.7 Å². The van der Waals surface area contributed by atoms with Gasteiger partial charge >= 0.3 is 0 Å². The summed E-state index contributed by atoms with van der Waals surface area (Å²) in [5.41, 5.74) is 6.00. The highest BCUT2D eigenvalue weighted by molar-refractivity contribution is 5.07. The minimum absolute atomic E-state index is 0.306. The zero-order valence-electron chi connectivity index (χ0n) is 11.0. The van der Waals surface area contributed by atoms with Crippen LogP contribution in [0.3, 0.4) is 0 Å². The van der Waals surface area contributed by atoms with Gasteiger partial charge in [0.2, 0.25) is 0 Å². The molecule has 96 valence electrons. The molecule has 0 aromatic carbocycles. The number of furan rings is 1. The molecule has 2 atom stereocenters. The minimum atomic E-state index is 0.306. The van der Waals surface area contributed by atoms with Gasteiger partial charge in [-0.3, -0.25) is 4.90 Å². The van der Waals surface area contributed by atoms with E-state index in [9.17, 15) is 0 Å². The second kappa shape index (κ2) is 5.69. The smallest absolute Gasteiger partial charge is 0.118 e. The Morgan fingerprint density at radius 3 is 2.88 bits per heavy atom. The van der Waals surface area contributed by atoms with Crippen molar-refractivity contribution < 1.29 is 4.42 Å². The van der Waals surface area contributed by atoms with Gasteiger partial charge in [0.05, 0.1) is 6.54 Å². The number of piperidine rings is 1. The van der Waals surface area contributed by atoms with Gasteiger partial charge in [-0.25, -0.2) is 0 Å². The molecule has 1 saturated heterocycles. The van der Waals surface area contributed by atoms with E-state index >= 15 is 0 Å². The average Bonchev–Trinajstić information content (AvgIpc) is 2.77. The first-order chi connectivity index (χ1) is 8.19. The van der Waals surface area contributed by atoms with E-state index in [2.05, 4.69) is 30.9 Å². The summed E-state index contributed by atoms with van der Waals surface area (Å²) in [6, 6.07) is 4.50. The summed E-state index contributed by atoms with van der Waals surface area (Å²) in [7, 11) is 0. The summed E-state index contributed by atoms with van der Waals surface area (Å²) in [5, 5.41) is 0. The molecule has 1 aliphatic heterocycles. The number of hydrogen-bond acceptors (Lipinski definition) is 3. The van der Waals surface area contributed by atoms with Gasteiger partial charge in [0.1, 0.15) is 11.5 Å². The van der Waals surface area contributed by atoms with Crippen LogP contribution >= 0.6 is 0 Å². The highest BCUT2D eigenvalue weighted by Gasteiger charge is 2.23. The minimum Gasteiger partial charge on any atom is -0.465 e. The third kappa shape index (κ3) is 3.33. The molecular weight excluding hydrogens is 212 g/mol. The molecular formula is C14H24N2O. The number of nitrogens with two attached hydrogens (primary N) is 1. The van der Waals surface area contributed by atoms with Crippen LogP contribution in [0.1, 0.15) is 38.2 Å². The van der Waals surface area contributed by atoms with Crippen LogP contribution in [0.2, 0.25) is 0 Å². The predicted molar refractivity (Wildman–Crippen MR) is 69.7 cm³/mol. The number of hydrogen-bond donors (Lipinski definition) is 1. The lowest BCUT2D eigenvalue weighted by atomic mass is 9.92. The zero-order valence-corrected chi connectivity index (χ0v) is 11.0. The molecule has 2 N–H and O–H groups in total. The van der Waals surface area contributed by atoms with Crippen LogP contribution < -0.4 is 5.73 Å². The zero-order chi connectivity index (χ0) is 12.3. The van der Waals surface area contributed by atoms with Crippen molar-refractivity contribution in [2.75, 3.05) is 13.1 Å². The maximum atomic E-state index is 6.00. The fraction of sp³-hybridized carbons (Fsp3) is 0.714. The van der Waals surface area contributed by atoms with Gasteiger partial charge in [-0.05, 0) is 44.4 Å². The summed E-state index contributed by atoms with van der Waals surface area (Å²) in [4.78, 5) is 2.47. The number of rotatable bonds is 4. The molecule has 0 saturated carbocycles. The molecule has 0 aliphatic carbocycles. The van der Waals surface area contributed by atoms with Crippen LogP contribution in [0.5, 0.6) is 0 Å². The summed E-state index contributed by atoms with van der Waals surface area (Å²) in [6.07, 6.45) is 3.50. The van der Waals surface area contributed by atoms with E-state index in [0.717, 1.165) is 31.0 Å². The molecule has 1 aromatic heterocycles. The lowest BCUT2D eigenvalue weighted by Gasteiger charge is -2.34. The first-order valence-corrected chi connectivity index (χ1v) is 6.74. The van der Waals surface area contributed by atoms with Gasteiger partial charge in [-0.15, -0.1) is 0 Å². The summed E-state index contributed by atoms with van der Waals surface area (Å²) < 4.78 is 5.76. The molecule has 3 heteroatoms. The van der Waals surface area contributed by atoms with Crippen molar-refractivity contribution in [3.8, 4) is 0 Å². The molecule has 1 fully saturated rings. The Bertz CT molecular complexity index is 346. The topological polar surface area (TPSA) is 42.4 Å². The standard InChI is InChI=1S/C14H24N2O/c1-3-13-6-7-14(17-13)10-16-8-4-5-12(9-16)11(2)15/h6-7,11-12H,3-5,8-10,15H2,1-2H3. The lowest BCUT2D eigenvalue weighted by Crippen LogP contribution is -2.41. The van der Waals surface area contributed by atoms with Crippen molar-refractivity contribution in [3.63, 3.8) is 0 Å². The van der Waals surface area contributed by atoms with E-state index < -0.39 is 0 Å². The first kappa shape index (κ1) is 12.7. The molecule has 2 rings (SSSR count). The van der Waals surface area contributed by atoms with E-state index in [1.807, 2.05) is 0 Å². The Kier molecular flexibility index (Phi) is 4.24. The highest BCUT2D eigenvalue weighted by Crippen LogP contribution is 2.21. The molecule has 1 aromatic rings. The Hall–Kier alpha value is -0.800. The van der Waals surface area contributed by atoms with Crippen molar-refractivity contribution >= 4 is 0 Å². The molecule has 0 amide bonds. The van der Waals surface area contributed by atoms with Gasteiger partial charge in [0.15, 0.2) is 0 Å². The van der Waals surface area contributed by atoms with Crippen LogP contribution in [-0.2, 0) is 13.0 Å². The Labute approximate surface area is 104 Å². The lowest BCUT2D eigenvalue weighted by molar-refractivity contribution is 0.144. The predicted octanol–water partition coefficient (Wildman–Crippen LogP) is 2.40. The number of likely N-dealkylation sites (tertiary alicyclic amines) is 1. The quantitative estimate of drug-likeness (QED) is 0.873. The van der Waals surface area contributed by atoms with Crippen molar-refractivity contribution in [2.24, 2.45) is 11.7 Å². The maximum absolute atomic E-state index is 6.00. The second-order valence-corrected chi connectivity index (χ2v) is 5.22. The molecule has 1 aliphatic rings. The molecule has 17 heavy (non-hydrogen) atoms. The van der Waals surface area contributed by atoms with Gasteiger partial charge in [0.25, 0.3) is 0 Å². The fourth-order valence-electron chi connectivity index (χ4n) is 2.58. The first-order valence-electron chi connectivity index (χ1n) is 6.74. The van der Waals surface area contributed by atoms with Gasteiger partial charge < -0.3 is 10.2 Å². The third-order valence-electron chi connectivity index (χ3n) is 3.73. The van der Waals surface area contributed by atoms with E-state index in [4.69, 9.17) is 10.2 Å². The Morgan fingerprint density at radius 1 is 1.47 bits per heavy atom. The highest BCUT2D eigenvalue weighted by atomic mass is 16.3. The average molecular weight is 236 g/mol.